The highest BCUT2D eigenvalue weighted by Crippen LogP contribution is 2.32. The van der Waals surface area contributed by atoms with Crippen LogP contribution in [-0.2, 0) is 10.0 Å². The van der Waals surface area contributed by atoms with E-state index in [2.05, 4.69) is 9.71 Å². The van der Waals surface area contributed by atoms with Crippen LogP contribution in [0.1, 0.15) is 11.1 Å². The first kappa shape index (κ1) is 19.5. The van der Waals surface area contributed by atoms with Gasteiger partial charge in [0, 0.05) is 18.0 Å². The Kier molecular flexibility index (Phi) is 4.90. The third-order valence-corrected chi connectivity index (χ3v) is 6.09. The summed E-state index contributed by atoms with van der Waals surface area (Å²) in [4.78, 5) is 4.72. The molecule has 0 atom stereocenters. The average Bonchev–Trinajstić information content (AvgIpc) is 3.19. The van der Waals surface area contributed by atoms with E-state index in [9.17, 15) is 8.42 Å². The van der Waals surface area contributed by atoms with E-state index in [0.717, 1.165) is 16.8 Å². The van der Waals surface area contributed by atoms with Crippen LogP contribution in [0.5, 0.6) is 5.75 Å². The van der Waals surface area contributed by atoms with Crippen molar-refractivity contribution >= 4 is 21.4 Å². The number of imidazole rings is 1. The van der Waals surface area contributed by atoms with Crippen molar-refractivity contribution in [1.29, 1.82) is 5.26 Å². The zero-order valence-electron chi connectivity index (χ0n) is 16.3. The summed E-state index contributed by atoms with van der Waals surface area (Å²) in [5.41, 5.74) is 4.02. The molecule has 2 aromatic carbocycles. The van der Waals surface area contributed by atoms with Gasteiger partial charge in [0.25, 0.3) is 10.0 Å². The maximum atomic E-state index is 12.8. The molecule has 0 fully saturated rings. The molecule has 0 amide bonds. The molecule has 2 heterocycles. The van der Waals surface area contributed by atoms with Crippen molar-refractivity contribution in [3.8, 4) is 23.1 Å². The molecule has 0 radical (unpaired) electrons. The summed E-state index contributed by atoms with van der Waals surface area (Å²) < 4.78 is 35.5. The molecule has 0 aliphatic rings. The molecular weight excluding hydrogens is 400 g/mol. The SMILES string of the molecule is COc1ccc(-c2cn3cccc(C)c3n2)cc1NS(=O)(=O)c1ccc(C#N)cc1. The van der Waals surface area contributed by atoms with Crippen LogP contribution in [-0.4, -0.2) is 24.9 Å². The molecule has 30 heavy (non-hydrogen) atoms. The molecule has 0 aliphatic carbocycles. The molecule has 8 heteroatoms. The van der Waals surface area contributed by atoms with E-state index in [4.69, 9.17) is 10.00 Å². The van der Waals surface area contributed by atoms with Gasteiger partial charge in [-0.25, -0.2) is 13.4 Å². The van der Waals surface area contributed by atoms with E-state index in [-0.39, 0.29) is 4.90 Å². The zero-order valence-corrected chi connectivity index (χ0v) is 17.1. The molecule has 2 aromatic heterocycles. The Morgan fingerprint density at radius 3 is 2.57 bits per heavy atom. The molecular formula is C22H18N4O3S. The Morgan fingerprint density at radius 1 is 1.13 bits per heavy atom. The van der Waals surface area contributed by atoms with Gasteiger partial charge in [-0.3, -0.25) is 4.72 Å². The second kappa shape index (κ2) is 7.54. The maximum absolute atomic E-state index is 12.8. The summed E-state index contributed by atoms with van der Waals surface area (Å²) in [5.74, 6) is 0.385. The number of benzene rings is 2. The molecule has 0 saturated carbocycles. The molecule has 7 nitrogen and oxygen atoms in total. The summed E-state index contributed by atoms with van der Waals surface area (Å²) in [6.45, 7) is 1.98. The Labute approximate surface area is 174 Å². The summed E-state index contributed by atoms with van der Waals surface area (Å²) in [6, 6.07) is 16.8. The summed E-state index contributed by atoms with van der Waals surface area (Å²) in [5, 5.41) is 8.90. The van der Waals surface area contributed by atoms with E-state index in [0.29, 0.717) is 22.7 Å². The van der Waals surface area contributed by atoms with Crippen molar-refractivity contribution in [2.45, 2.75) is 11.8 Å². The maximum Gasteiger partial charge on any atom is 0.262 e. The van der Waals surface area contributed by atoms with Crippen LogP contribution < -0.4 is 9.46 Å². The van der Waals surface area contributed by atoms with E-state index in [1.54, 1.807) is 12.1 Å². The monoisotopic (exact) mass is 418 g/mol. The van der Waals surface area contributed by atoms with E-state index in [1.165, 1.54) is 31.4 Å². The predicted molar refractivity (Wildman–Crippen MR) is 114 cm³/mol. The smallest absolute Gasteiger partial charge is 0.262 e. The standard InChI is InChI=1S/C22H18N4O3S/c1-15-4-3-11-26-14-20(24-22(15)26)17-7-10-21(29-2)19(12-17)25-30(27,28)18-8-5-16(13-23)6-9-18/h3-12,14,25H,1-2H3. The third kappa shape index (κ3) is 3.58. The van der Waals surface area contributed by atoms with Crippen molar-refractivity contribution in [3.05, 3.63) is 78.1 Å². The van der Waals surface area contributed by atoms with Crippen molar-refractivity contribution in [1.82, 2.24) is 9.38 Å². The van der Waals surface area contributed by atoms with Crippen molar-refractivity contribution in [3.63, 3.8) is 0 Å². The first-order chi connectivity index (χ1) is 14.4. The van der Waals surface area contributed by atoms with E-state index >= 15 is 0 Å². The lowest BCUT2D eigenvalue weighted by Crippen LogP contribution is -2.13. The van der Waals surface area contributed by atoms with Crippen LogP contribution in [0, 0.1) is 18.3 Å². The number of fused-ring (bicyclic) bond motifs is 1. The van der Waals surface area contributed by atoms with Gasteiger partial charge in [-0.15, -0.1) is 0 Å². The largest absolute Gasteiger partial charge is 0.495 e. The molecule has 0 aliphatic heterocycles. The molecule has 0 spiro atoms. The number of nitriles is 1. The average molecular weight is 418 g/mol. The van der Waals surface area contributed by atoms with Gasteiger partial charge < -0.3 is 9.14 Å². The van der Waals surface area contributed by atoms with Gasteiger partial charge >= 0.3 is 0 Å². The lowest BCUT2D eigenvalue weighted by molar-refractivity contribution is 0.417. The van der Waals surface area contributed by atoms with Gasteiger partial charge in [0.1, 0.15) is 11.4 Å². The minimum Gasteiger partial charge on any atom is -0.495 e. The molecule has 0 unspecified atom stereocenters. The van der Waals surface area contributed by atoms with Crippen LogP contribution >= 0.6 is 0 Å². The van der Waals surface area contributed by atoms with Gasteiger partial charge in [-0.2, -0.15) is 5.26 Å². The Morgan fingerprint density at radius 2 is 1.90 bits per heavy atom. The van der Waals surface area contributed by atoms with Crippen molar-refractivity contribution in [2.75, 3.05) is 11.8 Å². The minimum absolute atomic E-state index is 0.0531. The van der Waals surface area contributed by atoms with Crippen LogP contribution in [0.25, 0.3) is 16.9 Å². The predicted octanol–water partition coefficient (Wildman–Crippen LogP) is 3.99. The summed E-state index contributed by atoms with van der Waals surface area (Å²) >= 11 is 0. The highest BCUT2D eigenvalue weighted by molar-refractivity contribution is 7.92. The quantitative estimate of drug-likeness (QED) is 0.529. The van der Waals surface area contributed by atoms with E-state index < -0.39 is 10.0 Å². The normalized spacial score (nSPS) is 11.2. The molecule has 4 rings (SSSR count). The number of pyridine rings is 1. The summed E-state index contributed by atoms with van der Waals surface area (Å²) in [7, 11) is -2.39. The van der Waals surface area contributed by atoms with Gasteiger partial charge in [0.2, 0.25) is 0 Å². The molecule has 1 N–H and O–H groups in total. The lowest BCUT2D eigenvalue weighted by Gasteiger charge is -2.13. The minimum atomic E-state index is -3.87. The number of rotatable bonds is 5. The third-order valence-electron chi connectivity index (χ3n) is 4.71. The topological polar surface area (TPSA) is 96.5 Å². The second-order valence-electron chi connectivity index (χ2n) is 6.70. The number of methoxy groups -OCH3 is 1. The number of hydrogen-bond donors (Lipinski definition) is 1. The fraction of sp³-hybridized carbons (Fsp3) is 0.0909. The summed E-state index contributed by atoms with van der Waals surface area (Å²) in [6.07, 6.45) is 3.81. The number of sulfonamides is 1. The van der Waals surface area contributed by atoms with Gasteiger partial charge in [-0.05, 0) is 61.0 Å². The van der Waals surface area contributed by atoms with Crippen LogP contribution in [0.4, 0.5) is 5.69 Å². The zero-order chi connectivity index (χ0) is 21.3. The molecule has 0 bridgehead atoms. The van der Waals surface area contributed by atoms with Gasteiger partial charge in [0.05, 0.1) is 35.0 Å². The Bertz CT molecular complexity index is 1380. The van der Waals surface area contributed by atoms with Gasteiger partial charge in [0.15, 0.2) is 0 Å². The Balaban J connectivity index is 1.73. The lowest BCUT2D eigenvalue weighted by atomic mass is 10.1. The number of nitrogens with zero attached hydrogens (tertiary/aromatic N) is 3. The van der Waals surface area contributed by atoms with E-state index in [1.807, 2.05) is 48.0 Å². The highest BCUT2D eigenvalue weighted by atomic mass is 32.2. The number of hydrogen-bond acceptors (Lipinski definition) is 5. The van der Waals surface area contributed by atoms with Crippen LogP contribution in [0.3, 0.4) is 0 Å². The number of aryl methyl sites for hydroxylation is 1. The first-order valence-electron chi connectivity index (χ1n) is 9.07. The van der Waals surface area contributed by atoms with Crippen LogP contribution in [0.15, 0.2) is 71.9 Å². The Hall–Kier alpha value is -3.83. The number of aromatic nitrogens is 2. The van der Waals surface area contributed by atoms with Gasteiger partial charge in [-0.1, -0.05) is 6.07 Å². The highest BCUT2D eigenvalue weighted by Gasteiger charge is 2.18. The second-order valence-corrected chi connectivity index (χ2v) is 8.39. The fourth-order valence-corrected chi connectivity index (χ4v) is 4.21. The van der Waals surface area contributed by atoms with Crippen molar-refractivity contribution in [2.24, 2.45) is 0 Å². The molecule has 4 aromatic rings. The molecule has 150 valence electrons. The number of anilines is 1. The number of ether oxygens (including phenoxy) is 1. The number of nitrogens with one attached hydrogen (secondary N) is 1. The fourth-order valence-electron chi connectivity index (χ4n) is 3.15. The van der Waals surface area contributed by atoms with Crippen molar-refractivity contribution < 1.29 is 13.2 Å². The van der Waals surface area contributed by atoms with Crippen LogP contribution in [0.2, 0.25) is 0 Å². The molecule has 0 saturated heterocycles. The first-order valence-corrected chi connectivity index (χ1v) is 10.6.